The highest BCUT2D eigenvalue weighted by Gasteiger charge is 2.13. The number of hydrogen-bond acceptors (Lipinski definition) is 2. The molecule has 2 aromatic carbocycles. The Morgan fingerprint density at radius 3 is 2.57 bits per heavy atom. The van der Waals surface area contributed by atoms with Crippen LogP contribution in [-0.2, 0) is 4.79 Å². The average Bonchev–Trinajstić information content (AvgIpc) is 2.53. The fourth-order valence-corrected chi connectivity index (χ4v) is 2.87. The average molecular weight is 375 g/mol. The van der Waals surface area contributed by atoms with E-state index < -0.39 is 0 Å². The van der Waals surface area contributed by atoms with Crippen LogP contribution >= 0.6 is 15.9 Å². The largest absolute Gasteiger partial charge is 0.348 e. The van der Waals surface area contributed by atoms with Gasteiger partial charge >= 0.3 is 0 Å². The third kappa shape index (κ3) is 4.93. The Morgan fingerprint density at radius 2 is 1.87 bits per heavy atom. The van der Waals surface area contributed by atoms with E-state index in [-0.39, 0.29) is 24.4 Å². The lowest BCUT2D eigenvalue weighted by molar-refractivity contribution is -0.120. The highest BCUT2D eigenvalue weighted by atomic mass is 79.9. The van der Waals surface area contributed by atoms with Gasteiger partial charge in [0.15, 0.2) is 0 Å². The lowest BCUT2D eigenvalue weighted by atomic mass is 10.1. The van der Waals surface area contributed by atoms with Gasteiger partial charge in [-0.15, -0.1) is 0 Å². The SMILES string of the molecule is Cc1cccc(C(=O)NCC(=O)NC(C)c2ccccc2Br)c1. The summed E-state index contributed by atoms with van der Waals surface area (Å²) in [6.07, 6.45) is 0. The molecule has 0 spiro atoms. The van der Waals surface area contributed by atoms with Gasteiger partial charge in [0.05, 0.1) is 12.6 Å². The van der Waals surface area contributed by atoms with Crippen LogP contribution in [0.1, 0.15) is 34.5 Å². The third-order valence-corrected chi connectivity index (χ3v) is 4.16. The van der Waals surface area contributed by atoms with E-state index >= 15 is 0 Å². The smallest absolute Gasteiger partial charge is 0.251 e. The predicted molar refractivity (Wildman–Crippen MR) is 94.2 cm³/mol. The summed E-state index contributed by atoms with van der Waals surface area (Å²) in [7, 11) is 0. The van der Waals surface area contributed by atoms with E-state index in [1.165, 1.54) is 0 Å². The number of nitrogens with one attached hydrogen (secondary N) is 2. The maximum Gasteiger partial charge on any atom is 0.251 e. The van der Waals surface area contributed by atoms with Crippen molar-refractivity contribution in [1.82, 2.24) is 10.6 Å². The van der Waals surface area contributed by atoms with Crippen molar-refractivity contribution in [3.63, 3.8) is 0 Å². The Hall–Kier alpha value is -2.14. The lowest BCUT2D eigenvalue weighted by Gasteiger charge is -2.16. The van der Waals surface area contributed by atoms with Gasteiger partial charge in [-0.3, -0.25) is 9.59 Å². The monoisotopic (exact) mass is 374 g/mol. The van der Waals surface area contributed by atoms with Crippen LogP contribution in [0.25, 0.3) is 0 Å². The molecule has 1 unspecified atom stereocenters. The normalized spacial score (nSPS) is 11.6. The Balaban J connectivity index is 1.88. The van der Waals surface area contributed by atoms with E-state index in [9.17, 15) is 9.59 Å². The maximum atomic E-state index is 12.0. The van der Waals surface area contributed by atoms with Crippen LogP contribution < -0.4 is 10.6 Å². The maximum absolute atomic E-state index is 12.0. The summed E-state index contributed by atoms with van der Waals surface area (Å²) in [5.41, 5.74) is 2.55. The molecule has 0 aliphatic rings. The second-order valence-corrected chi connectivity index (χ2v) is 6.22. The topological polar surface area (TPSA) is 58.2 Å². The summed E-state index contributed by atoms with van der Waals surface area (Å²) >= 11 is 3.47. The predicted octanol–water partition coefficient (Wildman–Crippen LogP) is 3.36. The van der Waals surface area contributed by atoms with Gasteiger partial charge < -0.3 is 10.6 Å². The van der Waals surface area contributed by atoms with Crippen molar-refractivity contribution in [2.45, 2.75) is 19.9 Å². The Morgan fingerprint density at radius 1 is 1.13 bits per heavy atom. The first kappa shape index (κ1) is 17.2. The number of amides is 2. The zero-order chi connectivity index (χ0) is 16.8. The molecular weight excluding hydrogens is 356 g/mol. The molecule has 4 nitrogen and oxygen atoms in total. The molecule has 0 fully saturated rings. The highest BCUT2D eigenvalue weighted by molar-refractivity contribution is 9.10. The van der Waals surface area contributed by atoms with E-state index in [0.29, 0.717) is 5.56 Å². The van der Waals surface area contributed by atoms with E-state index in [1.807, 2.05) is 50.2 Å². The second kappa shape index (κ2) is 7.92. The van der Waals surface area contributed by atoms with E-state index in [0.717, 1.165) is 15.6 Å². The molecule has 2 aromatic rings. The number of aryl methyl sites for hydroxylation is 1. The van der Waals surface area contributed by atoms with Crippen molar-refractivity contribution < 1.29 is 9.59 Å². The van der Waals surface area contributed by atoms with Crippen LogP contribution in [-0.4, -0.2) is 18.4 Å². The van der Waals surface area contributed by atoms with Gasteiger partial charge in [0.2, 0.25) is 5.91 Å². The van der Waals surface area contributed by atoms with Gasteiger partial charge in [-0.05, 0) is 37.6 Å². The fourth-order valence-electron chi connectivity index (χ4n) is 2.25. The molecule has 2 N–H and O–H groups in total. The summed E-state index contributed by atoms with van der Waals surface area (Å²) in [6, 6.07) is 14.8. The van der Waals surface area contributed by atoms with Gasteiger partial charge in [-0.25, -0.2) is 0 Å². The molecule has 120 valence electrons. The first-order chi connectivity index (χ1) is 11.0. The summed E-state index contributed by atoms with van der Waals surface area (Å²) < 4.78 is 0.941. The molecule has 0 aromatic heterocycles. The molecule has 5 heteroatoms. The molecule has 2 rings (SSSR count). The fraction of sp³-hybridized carbons (Fsp3) is 0.222. The van der Waals surface area contributed by atoms with E-state index in [2.05, 4.69) is 26.6 Å². The van der Waals surface area contributed by atoms with Gasteiger partial charge in [-0.1, -0.05) is 51.8 Å². The third-order valence-electron chi connectivity index (χ3n) is 3.44. The molecule has 1 atom stereocenters. The zero-order valence-corrected chi connectivity index (χ0v) is 14.7. The minimum absolute atomic E-state index is 0.0540. The number of halogens is 1. The zero-order valence-electron chi connectivity index (χ0n) is 13.1. The molecule has 0 heterocycles. The van der Waals surface area contributed by atoms with E-state index in [4.69, 9.17) is 0 Å². The van der Waals surface area contributed by atoms with Gasteiger partial charge in [-0.2, -0.15) is 0 Å². The minimum atomic E-state index is -0.252. The van der Waals surface area contributed by atoms with Crippen LogP contribution in [0.2, 0.25) is 0 Å². The summed E-state index contributed by atoms with van der Waals surface area (Å²) in [5.74, 6) is -0.480. The molecule has 0 aliphatic heterocycles. The summed E-state index contributed by atoms with van der Waals surface area (Å²) in [6.45, 7) is 3.77. The number of benzene rings is 2. The van der Waals surface area contributed by atoms with Crippen LogP contribution in [0.5, 0.6) is 0 Å². The first-order valence-electron chi connectivity index (χ1n) is 7.36. The van der Waals surface area contributed by atoms with Gasteiger partial charge in [0, 0.05) is 10.0 Å². The first-order valence-corrected chi connectivity index (χ1v) is 8.15. The standard InChI is InChI=1S/C18H19BrN2O2/c1-12-6-5-7-14(10-12)18(23)20-11-17(22)21-13(2)15-8-3-4-9-16(15)19/h3-10,13H,11H2,1-2H3,(H,20,23)(H,21,22). The second-order valence-electron chi connectivity index (χ2n) is 5.36. The molecule has 0 radical (unpaired) electrons. The number of carbonyl (C=O) groups excluding carboxylic acids is 2. The van der Waals surface area contributed by atoms with Crippen molar-refractivity contribution in [3.8, 4) is 0 Å². The van der Waals surface area contributed by atoms with Crippen LogP contribution in [0.4, 0.5) is 0 Å². The van der Waals surface area contributed by atoms with Crippen molar-refractivity contribution in [2.75, 3.05) is 6.54 Å². The summed E-state index contributed by atoms with van der Waals surface area (Å²) in [4.78, 5) is 24.0. The highest BCUT2D eigenvalue weighted by Crippen LogP contribution is 2.22. The number of hydrogen-bond donors (Lipinski definition) is 2. The lowest BCUT2D eigenvalue weighted by Crippen LogP contribution is -2.38. The number of carbonyl (C=O) groups is 2. The molecule has 0 aliphatic carbocycles. The molecule has 2 amide bonds. The quantitative estimate of drug-likeness (QED) is 0.842. The molecule has 0 bridgehead atoms. The Bertz CT molecular complexity index is 716. The van der Waals surface area contributed by atoms with Gasteiger partial charge in [0.1, 0.15) is 0 Å². The molecule has 0 saturated heterocycles. The van der Waals surface area contributed by atoms with Crippen molar-refractivity contribution in [3.05, 3.63) is 69.7 Å². The molecule has 23 heavy (non-hydrogen) atoms. The van der Waals surface area contributed by atoms with Crippen LogP contribution in [0, 0.1) is 6.92 Å². The number of rotatable bonds is 5. The summed E-state index contributed by atoms with van der Waals surface area (Å²) in [5, 5.41) is 5.51. The van der Waals surface area contributed by atoms with Crippen molar-refractivity contribution in [2.24, 2.45) is 0 Å². The van der Waals surface area contributed by atoms with Gasteiger partial charge in [0.25, 0.3) is 5.91 Å². The van der Waals surface area contributed by atoms with Crippen LogP contribution in [0.15, 0.2) is 53.0 Å². The Kier molecular flexibility index (Phi) is 5.93. The minimum Gasteiger partial charge on any atom is -0.348 e. The van der Waals surface area contributed by atoms with E-state index in [1.54, 1.807) is 12.1 Å². The van der Waals surface area contributed by atoms with Crippen LogP contribution in [0.3, 0.4) is 0 Å². The Labute approximate surface area is 144 Å². The van der Waals surface area contributed by atoms with Crippen molar-refractivity contribution >= 4 is 27.7 Å². The molecular formula is C18H19BrN2O2. The molecule has 0 saturated carbocycles. The van der Waals surface area contributed by atoms with Crippen molar-refractivity contribution in [1.29, 1.82) is 0 Å².